The highest BCUT2D eigenvalue weighted by atomic mass is 16.5. The first kappa shape index (κ1) is 14.2. The quantitative estimate of drug-likeness (QED) is 0.331. The van der Waals surface area contributed by atoms with Crippen LogP contribution in [0.1, 0.15) is 52.4 Å². The Bertz CT molecular complexity index is 175. The number of carbonyl (C=O) groups is 1. The van der Waals surface area contributed by atoms with Crippen molar-refractivity contribution in [3.05, 3.63) is 12.7 Å². The molecule has 0 heterocycles. The number of unbranched alkanes of at least 4 members (excludes halogenated alkanes) is 2. The lowest BCUT2D eigenvalue weighted by Crippen LogP contribution is -2.17. The first-order valence-corrected chi connectivity index (χ1v) is 6.03. The summed E-state index contributed by atoms with van der Waals surface area (Å²) in [5.74, 6) is 0.0951. The molecule has 0 spiro atoms. The third-order valence-electron chi connectivity index (χ3n) is 2.47. The maximum absolute atomic E-state index is 11.6. The molecule has 2 nitrogen and oxygen atoms in total. The minimum absolute atomic E-state index is 0.0158. The van der Waals surface area contributed by atoms with E-state index in [0.717, 1.165) is 38.5 Å². The third-order valence-corrected chi connectivity index (χ3v) is 2.47. The molecule has 1 unspecified atom stereocenters. The molecule has 0 fully saturated rings. The van der Waals surface area contributed by atoms with Crippen molar-refractivity contribution in [1.29, 1.82) is 0 Å². The third kappa shape index (κ3) is 7.18. The molecule has 0 radical (unpaired) electrons. The minimum Gasteiger partial charge on any atom is -0.466 e. The molecule has 0 aromatic heterocycles. The van der Waals surface area contributed by atoms with Crippen LogP contribution < -0.4 is 0 Å². The average molecular weight is 212 g/mol. The Hall–Kier alpha value is -0.790. The fourth-order valence-electron chi connectivity index (χ4n) is 1.67. The van der Waals surface area contributed by atoms with Gasteiger partial charge in [0.1, 0.15) is 0 Å². The van der Waals surface area contributed by atoms with Crippen molar-refractivity contribution in [2.24, 2.45) is 5.92 Å². The second kappa shape index (κ2) is 9.75. The smallest absolute Gasteiger partial charge is 0.308 e. The van der Waals surface area contributed by atoms with Gasteiger partial charge < -0.3 is 4.74 Å². The summed E-state index contributed by atoms with van der Waals surface area (Å²) in [4.78, 5) is 11.6. The van der Waals surface area contributed by atoms with Crippen molar-refractivity contribution >= 4 is 5.97 Å². The maximum atomic E-state index is 11.6. The summed E-state index contributed by atoms with van der Waals surface area (Å²) in [6.45, 7) is 8.15. The van der Waals surface area contributed by atoms with Crippen LogP contribution in [0.4, 0.5) is 0 Å². The normalized spacial score (nSPS) is 12.1. The molecular formula is C13H24O2. The Labute approximate surface area is 93.7 Å². The largest absolute Gasteiger partial charge is 0.466 e. The molecule has 2 heteroatoms. The van der Waals surface area contributed by atoms with Gasteiger partial charge in [-0.3, -0.25) is 4.79 Å². The van der Waals surface area contributed by atoms with Crippen molar-refractivity contribution in [3.63, 3.8) is 0 Å². The van der Waals surface area contributed by atoms with Crippen LogP contribution in [0.25, 0.3) is 0 Å². The van der Waals surface area contributed by atoms with E-state index in [-0.39, 0.29) is 11.9 Å². The molecule has 0 aromatic rings. The standard InChI is InChI=1S/C13H24O2/c1-4-7-8-9-11-12(10-5-2)13(14)15-6-3/h4,12H,1,5-11H2,2-3H3. The van der Waals surface area contributed by atoms with Crippen molar-refractivity contribution < 1.29 is 9.53 Å². The highest BCUT2D eigenvalue weighted by Gasteiger charge is 2.17. The summed E-state index contributed by atoms with van der Waals surface area (Å²) in [6.07, 6.45) is 8.15. The van der Waals surface area contributed by atoms with E-state index >= 15 is 0 Å². The first-order valence-electron chi connectivity index (χ1n) is 6.03. The fourth-order valence-corrected chi connectivity index (χ4v) is 1.67. The molecule has 1 atom stereocenters. The lowest BCUT2D eigenvalue weighted by atomic mass is 9.96. The number of hydrogen-bond donors (Lipinski definition) is 0. The van der Waals surface area contributed by atoms with Gasteiger partial charge in [-0.1, -0.05) is 25.8 Å². The van der Waals surface area contributed by atoms with Gasteiger partial charge in [-0.25, -0.2) is 0 Å². The van der Waals surface area contributed by atoms with E-state index in [9.17, 15) is 4.79 Å². The molecule has 0 aliphatic rings. The van der Waals surface area contributed by atoms with Crippen molar-refractivity contribution in [2.45, 2.75) is 52.4 Å². The number of esters is 1. The minimum atomic E-state index is -0.0158. The Morgan fingerprint density at radius 2 is 2.07 bits per heavy atom. The van der Waals surface area contributed by atoms with Gasteiger partial charge in [-0.2, -0.15) is 0 Å². The molecule has 0 saturated carbocycles. The van der Waals surface area contributed by atoms with E-state index in [0.29, 0.717) is 6.61 Å². The van der Waals surface area contributed by atoms with Crippen LogP contribution in [0.5, 0.6) is 0 Å². The van der Waals surface area contributed by atoms with Gasteiger partial charge >= 0.3 is 5.97 Å². The molecule has 88 valence electrons. The summed E-state index contributed by atoms with van der Waals surface area (Å²) >= 11 is 0. The van der Waals surface area contributed by atoms with Gasteiger partial charge in [0.15, 0.2) is 0 Å². The Morgan fingerprint density at radius 3 is 2.60 bits per heavy atom. The molecule has 0 aliphatic carbocycles. The summed E-state index contributed by atoms with van der Waals surface area (Å²) in [5.41, 5.74) is 0. The van der Waals surface area contributed by atoms with Crippen LogP contribution >= 0.6 is 0 Å². The zero-order valence-electron chi connectivity index (χ0n) is 10.1. The van der Waals surface area contributed by atoms with Gasteiger partial charge in [-0.05, 0) is 32.6 Å². The van der Waals surface area contributed by atoms with E-state index in [1.165, 1.54) is 0 Å². The lowest BCUT2D eigenvalue weighted by molar-refractivity contribution is -0.148. The Balaban J connectivity index is 3.81. The van der Waals surface area contributed by atoms with E-state index in [2.05, 4.69) is 13.5 Å². The van der Waals surface area contributed by atoms with Crippen LogP contribution in [0.15, 0.2) is 12.7 Å². The van der Waals surface area contributed by atoms with Crippen LogP contribution in [-0.4, -0.2) is 12.6 Å². The topological polar surface area (TPSA) is 26.3 Å². The molecule has 0 amide bonds. The molecule has 0 aliphatic heterocycles. The van der Waals surface area contributed by atoms with E-state index in [1.807, 2.05) is 13.0 Å². The predicted molar refractivity (Wildman–Crippen MR) is 63.7 cm³/mol. The Kier molecular flexibility index (Phi) is 9.24. The monoisotopic (exact) mass is 212 g/mol. The number of hydrogen-bond acceptors (Lipinski definition) is 2. The summed E-state index contributed by atoms with van der Waals surface area (Å²) in [6, 6.07) is 0. The van der Waals surface area contributed by atoms with Gasteiger partial charge in [0.25, 0.3) is 0 Å². The van der Waals surface area contributed by atoms with Crippen molar-refractivity contribution in [1.82, 2.24) is 0 Å². The second-order valence-electron chi connectivity index (χ2n) is 3.81. The molecular weight excluding hydrogens is 188 g/mol. The zero-order chi connectivity index (χ0) is 11.5. The van der Waals surface area contributed by atoms with Gasteiger partial charge in [0, 0.05) is 0 Å². The molecule has 0 saturated heterocycles. The van der Waals surface area contributed by atoms with Gasteiger partial charge in [-0.15, -0.1) is 6.58 Å². The van der Waals surface area contributed by atoms with E-state index in [1.54, 1.807) is 0 Å². The van der Waals surface area contributed by atoms with Crippen LogP contribution in [-0.2, 0) is 9.53 Å². The van der Waals surface area contributed by atoms with Crippen molar-refractivity contribution in [2.75, 3.05) is 6.61 Å². The summed E-state index contributed by atoms with van der Waals surface area (Å²) < 4.78 is 5.05. The van der Waals surface area contributed by atoms with Crippen LogP contribution in [0.3, 0.4) is 0 Å². The fraction of sp³-hybridized carbons (Fsp3) is 0.769. The van der Waals surface area contributed by atoms with Crippen LogP contribution in [0.2, 0.25) is 0 Å². The number of ether oxygens (including phenoxy) is 1. The average Bonchev–Trinajstić information content (AvgIpc) is 2.23. The molecule has 0 aromatic carbocycles. The number of rotatable bonds is 9. The SMILES string of the molecule is C=CCCCCC(CCC)C(=O)OCC. The maximum Gasteiger partial charge on any atom is 0.308 e. The second-order valence-corrected chi connectivity index (χ2v) is 3.81. The lowest BCUT2D eigenvalue weighted by Gasteiger charge is -2.14. The highest BCUT2D eigenvalue weighted by molar-refractivity contribution is 5.72. The summed E-state index contributed by atoms with van der Waals surface area (Å²) in [7, 11) is 0. The first-order chi connectivity index (χ1) is 7.26. The summed E-state index contributed by atoms with van der Waals surface area (Å²) in [5, 5.41) is 0. The zero-order valence-corrected chi connectivity index (χ0v) is 10.1. The van der Waals surface area contributed by atoms with Crippen LogP contribution in [0, 0.1) is 5.92 Å². The predicted octanol–water partition coefficient (Wildman–Crippen LogP) is 3.71. The molecule has 0 N–H and O–H groups in total. The van der Waals surface area contributed by atoms with E-state index < -0.39 is 0 Å². The molecule has 15 heavy (non-hydrogen) atoms. The van der Waals surface area contributed by atoms with Gasteiger partial charge in [0.2, 0.25) is 0 Å². The molecule has 0 rings (SSSR count). The van der Waals surface area contributed by atoms with Crippen molar-refractivity contribution in [3.8, 4) is 0 Å². The number of allylic oxidation sites excluding steroid dienone is 1. The number of carbonyl (C=O) groups excluding carboxylic acids is 1. The Morgan fingerprint density at radius 1 is 1.33 bits per heavy atom. The highest BCUT2D eigenvalue weighted by Crippen LogP contribution is 2.17. The molecule has 0 bridgehead atoms. The van der Waals surface area contributed by atoms with Gasteiger partial charge in [0.05, 0.1) is 12.5 Å². The van der Waals surface area contributed by atoms with E-state index in [4.69, 9.17) is 4.74 Å².